The number of thiophene rings is 1. The lowest BCUT2D eigenvalue weighted by atomic mass is 10.1. The van der Waals surface area contributed by atoms with Crippen molar-refractivity contribution in [3.05, 3.63) is 23.5 Å². The minimum atomic E-state index is 0.550. The number of nitrogens with zero attached hydrogens (tertiary/aromatic N) is 2. The monoisotopic (exact) mass is 178 g/mol. The van der Waals surface area contributed by atoms with Gasteiger partial charge in [0, 0.05) is 6.20 Å². The Hall–Kier alpha value is -0.960. The molecule has 0 saturated heterocycles. The lowest BCUT2D eigenvalue weighted by molar-refractivity contribution is 0.876. The van der Waals surface area contributed by atoms with Gasteiger partial charge in [-0.3, -0.25) is 0 Å². The van der Waals surface area contributed by atoms with Crippen molar-refractivity contribution in [2.45, 2.75) is 19.8 Å². The van der Waals surface area contributed by atoms with E-state index in [4.69, 9.17) is 0 Å². The Morgan fingerprint density at radius 2 is 2.25 bits per heavy atom. The third-order valence-electron chi connectivity index (χ3n) is 1.89. The molecule has 0 spiro atoms. The lowest BCUT2D eigenvalue weighted by Gasteiger charge is -1.99. The van der Waals surface area contributed by atoms with Gasteiger partial charge in [-0.25, -0.2) is 9.97 Å². The normalized spacial score (nSPS) is 11.2. The minimum absolute atomic E-state index is 0.550. The quantitative estimate of drug-likeness (QED) is 0.671. The first kappa shape index (κ1) is 7.68. The maximum Gasteiger partial charge on any atom is 0.116 e. The van der Waals surface area contributed by atoms with Crippen molar-refractivity contribution in [2.75, 3.05) is 0 Å². The van der Waals surface area contributed by atoms with Gasteiger partial charge in [0.1, 0.15) is 6.33 Å². The van der Waals surface area contributed by atoms with Crippen LogP contribution >= 0.6 is 11.3 Å². The van der Waals surface area contributed by atoms with Gasteiger partial charge in [-0.2, -0.15) is 0 Å². The summed E-state index contributed by atoms with van der Waals surface area (Å²) in [6.07, 6.45) is 3.49. The summed E-state index contributed by atoms with van der Waals surface area (Å²) in [5.41, 5.74) is 2.45. The van der Waals surface area contributed by atoms with Crippen LogP contribution in [0.2, 0.25) is 0 Å². The second-order valence-electron chi connectivity index (χ2n) is 3.08. The van der Waals surface area contributed by atoms with Gasteiger partial charge in [-0.1, -0.05) is 13.8 Å². The molecule has 2 nitrogen and oxygen atoms in total. The summed E-state index contributed by atoms with van der Waals surface area (Å²) in [7, 11) is 0. The summed E-state index contributed by atoms with van der Waals surface area (Å²) in [5.74, 6) is 0.550. The van der Waals surface area contributed by atoms with Crippen LogP contribution in [-0.4, -0.2) is 9.97 Å². The number of rotatable bonds is 1. The largest absolute Gasteiger partial charge is 0.243 e. The van der Waals surface area contributed by atoms with E-state index in [1.807, 2.05) is 6.20 Å². The van der Waals surface area contributed by atoms with Crippen LogP contribution in [0.4, 0.5) is 0 Å². The van der Waals surface area contributed by atoms with E-state index in [-0.39, 0.29) is 0 Å². The molecule has 0 amide bonds. The highest BCUT2D eigenvalue weighted by atomic mass is 32.1. The maximum absolute atomic E-state index is 4.26. The van der Waals surface area contributed by atoms with Crippen LogP contribution < -0.4 is 0 Å². The highest BCUT2D eigenvalue weighted by Crippen LogP contribution is 2.28. The number of fused-ring (bicyclic) bond motifs is 1. The van der Waals surface area contributed by atoms with Crippen molar-refractivity contribution in [2.24, 2.45) is 0 Å². The fourth-order valence-corrected chi connectivity index (χ4v) is 2.25. The molecule has 0 N–H and O–H groups in total. The van der Waals surface area contributed by atoms with Gasteiger partial charge in [0.2, 0.25) is 0 Å². The topological polar surface area (TPSA) is 25.8 Å². The molecule has 0 saturated carbocycles. The van der Waals surface area contributed by atoms with Gasteiger partial charge in [-0.15, -0.1) is 11.3 Å². The van der Waals surface area contributed by atoms with Gasteiger partial charge >= 0.3 is 0 Å². The van der Waals surface area contributed by atoms with Crippen LogP contribution in [0.15, 0.2) is 17.9 Å². The first-order valence-corrected chi connectivity index (χ1v) is 4.84. The third kappa shape index (κ3) is 1.10. The average Bonchev–Trinajstić information content (AvgIpc) is 2.47. The van der Waals surface area contributed by atoms with Crippen LogP contribution in [0, 0.1) is 0 Å². The van der Waals surface area contributed by atoms with Gasteiger partial charge in [-0.05, 0) is 16.9 Å². The van der Waals surface area contributed by atoms with Crippen molar-refractivity contribution in [3.8, 4) is 0 Å². The Morgan fingerprint density at radius 1 is 1.42 bits per heavy atom. The fourth-order valence-electron chi connectivity index (χ4n) is 1.21. The standard InChI is InChI=1S/C9H10N2S/c1-6(2)7-4-12-8-3-10-5-11-9(7)8/h3-6H,1-2H3. The predicted octanol–water partition coefficient (Wildman–Crippen LogP) is 2.81. The molecule has 0 aliphatic carbocycles. The Balaban J connectivity index is 2.70. The Morgan fingerprint density at radius 3 is 3.00 bits per heavy atom. The summed E-state index contributed by atoms with van der Waals surface area (Å²) >= 11 is 1.72. The summed E-state index contributed by atoms with van der Waals surface area (Å²) in [5, 5.41) is 2.17. The molecule has 0 aliphatic rings. The fraction of sp³-hybridized carbons (Fsp3) is 0.333. The molecule has 2 aromatic rings. The molecule has 0 bridgehead atoms. The highest BCUT2D eigenvalue weighted by molar-refractivity contribution is 7.17. The molecule has 0 fully saturated rings. The minimum Gasteiger partial charge on any atom is -0.243 e. The SMILES string of the molecule is CC(C)c1csc2cncnc12. The van der Waals surface area contributed by atoms with Crippen molar-refractivity contribution < 1.29 is 0 Å². The lowest BCUT2D eigenvalue weighted by Crippen LogP contribution is -1.86. The molecule has 62 valence electrons. The van der Waals surface area contributed by atoms with E-state index in [0.29, 0.717) is 5.92 Å². The molecule has 3 heteroatoms. The predicted molar refractivity (Wildman–Crippen MR) is 51.5 cm³/mol. The Labute approximate surface area is 75.3 Å². The van der Waals surface area contributed by atoms with E-state index in [1.165, 1.54) is 10.3 Å². The molecule has 2 rings (SSSR count). The molecule has 0 aromatic carbocycles. The van der Waals surface area contributed by atoms with Crippen LogP contribution in [0.1, 0.15) is 25.3 Å². The molecular weight excluding hydrogens is 168 g/mol. The third-order valence-corrected chi connectivity index (χ3v) is 2.81. The van der Waals surface area contributed by atoms with E-state index in [9.17, 15) is 0 Å². The van der Waals surface area contributed by atoms with E-state index < -0.39 is 0 Å². The summed E-state index contributed by atoms with van der Waals surface area (Å²) in [6.45, 7) is 4.37. The van der Waals surface area contributed by atoms with Crippen molar-refractivity contribution >= 4 is 21.6 Å². The van der Waals surface area contributed by atoms with Crippen LogP contribution in [-0.2, 0) is 0 Å². The first-order chi connectivity index (χ1) is 5.79. The van der Waals surface area contributed by atoms with Gasteiger partial charge in [0.05, 0.1) is 10.2 Å². The average molecular weight is 178 g/mol. The second-order valence-corrected chi connectivity index (χ2v) is 3.99. The zero-order valence-corrected chi connectivity index (χ0v) is 7.93. The van der Waals surface area contributed by atoms with E-state index in [2.05, 4.69) is 29.2 Å². The van der Waals surface area contributed by atoms with Crippen LogP contribution in [0.3, 0.4) is 0 Å². The number of hydrogen-bond acceptors (Lipinski definition) is 3. The van der Waals surface area contributed by atoms with E-state index >= 15 is 0 Å². The molecule has 0 atom stereocenters. The molecule has 0 unspecified atom stereocenters. The first-order valence-electron chi connectivity index (χ1n) is 3.96. The maximum atomic E-state index is 4.26. The molecular formula is C9H10N2S. The summed E-state index contributed by atoms with van der Waals surface area (Å²) < 4.78 is 1.18. The zero-order chi connectivity index (χ0) is 8.55. The smallest absolute Gasteiger partial charge is 0.116 e. The molecule has 0 aliphatic heterocycles. The van der Waals surface area contributed by atoms with E-state index in [0.717, 1.165) is 5.52 Å². The molecule has 2 heterocycles. The number of hydrogen-bond donors (Lipinski definition) is 0. The zero-order valence-electron chi connectivity index (χ0n) is 7.11. The van der Waals surface area contributed by atoms with E-state index in [1.54, 1.807) is 17.7 Å². The van der Waals surface area contributed by atoms with Crippen LogP contribution in [0.5, 0.6) is 0 Å². The summed E-state index contributed by atoms with van der Waals surface area (Å²) in [6, 6.07) is 0. The molecule has 12 heavy (non-hydrogen) atoms. The van der Waals surface area contributed by atoms with Crippen molar-refractivity contribution in [1.82, 2.24) is 9.97 Å². The summed E-state index contributed by atoms with van der Waals surface area (Å²) in [4.78, 5) is 8.25. The second kappa shape index (κ2) is 2.83. The number of aromatic nitrogens is 2. The van der Waals surface area contributed by atoms with Gasteiger partial charge in [0.15, 0.2) is 0 Å². The highest BCUT2D eigenvalue weighted by Gasteiger charge is 2.07. The van der Waals surface area contributed by atoms with Crippen LogP contribution in [0.25, 0.3) is 10.2 Å². The van der Waals surface area contributed by atoms with Crippen molar-refractivity contribution in [3.63, 3.8) is 0 Å². The van der Waals surface area contributed by atoms with Gasteiger partial charge < -0.3 is 0 Å². The Bertz CT molecular complexity index is 392. The van der Waals surface area contributed by atoms with Gasteiger partial charge in [0.25, 0.3) is 0 Å². The Kier molecular flexibility index (Phi) is 1.81. The molecule has 2 aromatic heterocycles. The van der Waals surface area contributed by atoms with Crippen molar-refractivity contribution in [1.29, 1.82) is 0 Å². The molecule has 0 radical (unpaired) electrons.